The van der Waals surface area contributed by atoms with Crippen molar-refractivity contribution in [1.82, 2.24) is 5.32 Å². The lowest BCUT2D eigenvalue weighted by Crippen LogP contribution is -2.45. The summed E-state index contributed by atoms with van der Waals surface area (Å²) in [6.45, 7) is 4.85. The first-order valence-corrected chi connectivity index (χ1v) is 30.4. The van der Waals surface area contributed by atoms with Gasteiger partial charge in [0.15, 0.2) is 0 Å². The third kappa shape index (κ3) is 55.0. The van der Waals surface area contributed by atoms with E-state index in [1.54, 1.807) is 6.08 Å². The first-order chi connectivity index (χ1) is 34.0. The highest BCUT2D eigenvalue weighted by Gasteiger charge is 2.17. The Morgan fingerprint density at radius 2 is 0.739 bits per heavy atom. The molecular weight excluding hydrogens is 851 g/mol. The normalized spacial score (nSPS) is 12.9. The number of carbonyl (C=O) groups excluding carboxylic acids is 2. The maximum Gasteiger partial charge on any atom is 0.305 e. The molecule has 0 heterocycles. The minimum atomic E-state index is -0.881. The van der Waals surface area contributed by atoms with Gasteiger partial charge >= 0.3 is 5.97 Å². The number of unbranched alkanes of at least 4 members (excludes halogenated alkanes) is 39. The van der Waals surface area contributed by atoms with Crippen LogP contribution in [-0.4, -0.2) is 47.4 Å². The SMILES string of the molecule is CCCCCCCC/C=C\CCCCCCCCCCCC(=O)OCCCCCCCC/C=C\C/C=C\CCC(=O)NC(CO)C(O)/C=C/CCCCCCCCCCCCCCCCCCCC. The number of ether oxygens (including phenoxy) is 1. The first kappa shape index (κ1) is 66.8. The molecule has 69 heavy (non-hydrogen) atoms. The van der Waals surface area contributed by atoms with Crippen LogP contribution in [0.4, 0.5) is 0 Å². The number of aliphatic hydroxyl groups is 2. The van der Waals surface area contributed by atoms with Crippen LogP contribution in [-0.2, 0) is 14.3 Å². The number of esters is 1. The highest BCUT2D eigenvalue weighted by atomic mass is 16.5. The smallest absolute Gasteiger partial charge is 0.305 e. The minimum Gasteiger partial charge on any atom is -0.466 e. The monoisotopic (exact) mass is 968 g/mol. The van der Waals surface area contributed by atoms with Crippen LogP contribution in [0.3, 0.4) is 0 Å². The number of hydrogen-bond donors (Lipinski definition) is 3. The number of rotatable bonds is 56. The van der Waals surface area contributed by atoms with Crippen molar-refractivity contribution in [1.29, 1.82) is 0 Å². The predicted molar refractivity (Wildman–Crippen MR) is 301 cm³/mol. The molecule has 0 bridgehead atoms. The second-order valence-electron chi connectivity index (χ2n) is 20.7. The molecule has 0 aromatic carbocycles. The van der Waals surface area contributed by atoms with E-state index >= 15 is 0 Å². The lowest BCUT2D eigenvalue weighted by Gasteiger charge is -2.19. The van der Waals surface area contributed by atoms with Crippen LogP contribution in [0.5, 0.6) is 0 Å². The van der Waals surface area contributed by atoms with Gasteiger partial charge in [0.05, 0.1) is 25.4 Å². The average Bonchev–Trinajstić information content (AvgIpc) is 3.35. The summed E-state index contributed by atoms with van der Waals surface area (Å²) in [7, 11) is 0. The van der Waals surface area contributed by atoms with Gasteiger partial charge in [-0.3, -0.25) is 9.59 Å². The zero-order chi connectivity index (χ0) is 50.0. The van der Waals surface area contributed by atoms with E-state index in [1.807, 2.05) is 12.2 Å². The molecule has 0 saturated carbocycles. The van der Waals surface area contributed by atoms with Crippen molar-refractivity contribution < 1.29 is 24.5 Å². The number of aliphatic hydroxyl groups excluding tert-OH is 2. The molecule has 0 aliphatic carbocycles. The quantitative estimate of drug-likeness (QED) is 0.0321. The summed E-state index contributed by atoms with van der Waals surface area (Å²) >= 11 is 0. The van der Waals surface area contributed by atoms with Crippen LogP contribution in [0.15, 0.2) is 48.6 Å². The average molecular weight is 969 g/mol. The molecule has 0 aliphatic rings. The maximum atomic E-state index is 12.4. The van der Waals surface area contributed by atoms with Crippen molar-refractivity contribution in [2.75, 3.05) is 13.2 Å². The molecule has 6 heteroatoms. The lowest BCUT2D eigenvalue weighted by molar-refractivity contribution is -0.143. The molecule has 3 N–H and O–H groups in total. The molecule has 0 rings (SSSR count). The molecule has 1 amide bonds. The third-order valence-electron chi connectivity index (χ3n) is 13.8. The summed E-state index contributed by atoms with van der Waals surface area (Å²) in [6.07, 6.45) is 74.4. The van der Waals surface area contributed by atoms with Gasteiger partial charge in [0.1, 0.15) is 0 Å². The van der Waals surface area contributed by atoms with Crippen molar-refractivity contribution in [3.63, 3.8) is 0 Å². The molecule has 404 valence electrons. The maximum absolute atomic E-state index is 12.4. The molecule has 0 aromatic rings. The second kappa shape index (κ2) is 58.4. The van der Waals surface area contributed by atoms with Gasteiger partial charge in [-0.2, -0.15) is 0 Å². The first-order valence-electron chi connectivity index (χ1n) is 30.4. The minimum absolute atomic E-state index is 0.0189. The number of amides is 1. The molecule has 0 spiro atoms. The van der Waals surface area contributed by atoms with E-state index in [9.17, 15) is 19.8 Å². The van der Waals surface area contributed by atoms with Gasteiger partial charge in [0.2, 0.25) is 5.91 Å². The van der Waals surface area contributed by atoms with Crippen LogP contribution in [0, 0.1) is 0 Å². The summed E-state index contributed by atoms with van der Waals surface area (Å²) < 4.78 is 5.47. The highest BCUT2D eigenvalue weighted by molar-refractivity contribution is 5.76. The fourth-order valence-electron chi connectivity index (χ4n) is 9.15. The largest absolute Gasteiger partial charge is 0.466 e. The topological polar surface area (TPSA) is 95.9 Å². The second-order valence-corrected chi connectivity index (χ2v) is 20.7. The van der Waals surface area contributed by atoms with Crippen LogP contribution < -0.4 is 5.32 Å². The van der Waals surface area contributed by atoms with Crippen LogP contribution in [0.25, 0.3) is 0 Å². The molecular formula is C63H117NO5. The van der Waals surface area contributed by atoms with Crippen LogP contribution in [0.1, 0.15) is 316 Å². The molecule has 0 radical (unpaired) electrons. The van der Waals surface area contributed by atoms with Crippen molar-refractivity contribution in [3.05, 3.63) is 48.6 Å². The van der Waals surface area contributed by atoms with E-state index in [1.165, 1.54) is 231 Å². The Labute approximate surface area is 429 Å². The van der Waals surface area contributed by atoms with Gasteiger partial charge in [-0.05, 0) is 77.0 Å². The Kier molecular flexibility index (Phi) is 56.5. The fraction of sp³-hybridized carbons (Fsp3) is 0.841. The summed E-state index contributed by atoms with van der Waals surface area (Å²) in [5.74, 6) is -0.166. The van der Waals surface area contributed by atoms with E-state index in [-0.39, 0.29) is 18.5 Å². The summed E-state index contributed by atoms with van der Waals surface area (Å²) in [4.78, 5) is 24.5. The van der Waals surface area contributed by atoms with Crippen LogP contribution >= 0.6 is 0 Å². The number of hydrogen-bond acceptors (Lipinski definition) is 5. The lowest BCUT2D eigenvalue weighted by atomic mass is 10.0. The fourth-order valence-corrected chi connectivity index (χ4v) is 9.15. The summed E-state index contributed by atoms with van der Waals surface area (Å²) in [5, 5.41) is 23.1. The summed E-state index contributed by atoms with van der Waals surface area (Å²) in [5.41, 5.74) is 0. The number of allylic oxidation sites excluding steroid dienone is 7. The van der Waals surface area contributed by atoms with Gasteiger partial charge in [-0.15, -0.1) is 0 Å². The number of nitrogens with one attached hydrogen (secondary N) is 1. The Morgan fingerprint density at radius 3 is 1.14 bits per heavy atom. The Balaban J connectivity index is 3.55. The molecule has 2 unspecified atom stereocenters. The molecule has 0 saturated heterocycles. The molecule has 6 nitrogen and oxygen atoms in total. The van der Waals surface area contributed by atoms with E-state index in [0.29, 0.717) is 25.9 Å². The van der Waals surface area contributed by atoms with Crippen LogP contribution in [0.2, 0.25) is 0 Å². The standard InChI is InChI=1S/C63H117NO5/c1-3-5-7-9-11-13-15-17-19-21-23-25-26-28-31-35-39-43-47-51-55-61(66)60(59-65)64-62(67)56-52-48-44-40-36-32-30-34-38-42-46-50-54-58-69-63(68)57-53-49-45-41-37-33-29-27-24-22-20-18-16-14-12-10-8-6-4-2/h18,20,32,36,44,48,51,55,60-61,65-66H,3-17,19,21-31,33-35,37-43,45-47,49-50,52-54,56-59H2,1-2H3,(H,64,67)/b20-18-,36-32-,48-44-,55-51+. The van der Waals surface area contributed by atoms with Crippen molar-refractivity contribution in [3.8, 4) is 0 Å². The molecule has 0 aliphatic heterocycles. The zero-order valence-corrected chi connectivity index (χ0v) is 46.0. The molecule has 0 fully saturated rings. The van der Waals surface area contributed by atoms with Crippen molar-refractivity contribution in [2.24, 2.45) is 0 Å². The van der Waals surface area contributed by atoms with Gasteiger partial charge in [-0.1, -0.05) is 274 Å². The predicted octanol–water partition coefficient (Wildman–Crippen LogP) is 19.0. The van der Waals surface area contributed by atoms with Crippen molar-refractivity contribution in [2.45, 2.75) is 328 Å². The zero-order valence-electron chi connectivity index (χ0n) is 46.0. The molecule has 0 aromatic heterocycles. The van der Waals surface area contributed by atoms with Gasteiger partial charge in [-0.25, -0.2) is 0 Å². The Hall–Kier alpha value is -2.18. The Bertz CT molecular complexity index is 1160. The third-order valence-corrected chi connectivity index (χ3v) is 13.8. The van der Waals surface area contributed by atoms with E-state index < -0.39 is 12.1 Å². The van der Waals surface area contributed by atoms with E-state index in [4.69, 9.17) is 4.74 Å². The van der Waals surface area contributed by atoms with Gasteiger partial charge in [0, 0.05) is 12.8 Å². The summed E-state index contributed by atoms with van der Waals surface area (Å²) in [6, 6.07) is -0.674. The highest BCUT2D eigenvalue weighted by Crippen LogP contribution is 2.17. The van der Waals surface area contributed by atoms with Crippen molar-refractivity contribution >= 4 is 11.9 Å². The van der Waals surface area contributed by atoms with Gasteiger partial charge < -0.3 is 20.3 Å². The van der Waals surface area contributed by atoms with Gasteiger partial charge in [0.25, 0.3) is 0 Å². The number of carbonyl (C=O) groups is 2. The molecule has 2 atom stereocenters. The Morgan fingerprint density at radius 1 is 0.406 bits per heavy atom. The van der Waals surface area contributed by atoms with E-state index in [2.05, 4.69) is 49.5 Å². The van der Waals surface area contributed by atoms with E-state index in [0.717, 1.165) is 51.4 Å².